The first kappa shape index (κ1) is 16.7. The van der Waals surface area contributed by atoms with E-state index >= 15 is 0 Å². The summed E-state index contributed by atoms with van der Waals surface area (Å²) in [4.78, 5) is 9.12. The minimum absolute atomic E-state index is 0.509. The first-order valence-electron chi connectivity index (χ1n) is 7.54. The summed E-state index contributed by atoms with van der Waals surface area (Å²) in [6.07, 6.45) is 1.85. The summed E-state index contributed by atoms with van der Waals surface area (Å²) in [5.74, 6) is 0. The van der Waals surface area contributed by atoms with Crippen LogP contribution in [0.15, 0.2) is 36.5 Å². The zero-order valence-corrected chi connectivity index (χ0v) is 16.3. The summed E-state index contributed by atoms with van der Waals surface area (Å²) >= 11 is 0. The third-order valence-corrected chi connectivity index (χ3v) is 5.52. The highest BCUT2D eigenvalue weighted by molar-refractivity contribution is 6.89. The zero-order chi connectivity index (χ0) is 16.4. The molecule has 0 spiro atoms. The minimum atomic E-state index is -1.70. The van der Waals surface area contributed by atoms with Crippen LogP contribution in [0.3, 0.4) is 0 Å². The highest BCUT2D eigenvalue weighted by Gasteiger charge is 2.25. The van der Waals surface area contributed by atoms with E-state index in [9.17, 15) is 0 Å². The Morgan fingerprint density at radius 2 is 1.59 bits per heavy atom. The molecule has 6 heteroatoms. The molecule has 4 nitrogen and oxygen atoms in total. The van der Waals surface area contributed by atoms with E-state index in [1.165, 1.54) is 0 Å². The number of nitrogens with one attached hydrogen (secondary N) is 1. The van der Waals surface area contributed by atoms with Crippen molar-refractivity contribution in [1.29, 1.82) is 0 Å². The van der Waals surface area contributed by atoms with Gasteiger partial charge in [0.25, 0.3) is 0 Å². The largest absolute Gasteiger partial charge is 0.518 e. The molecule has 118 valence electrons. The fourth-order valence-corrected chi connectivity index (χ4v) is 4.04. The van der Waals surface area contributed by atoms with Gasteiger partial charge in [0.15, 0.2) is 0 Å². The molecule has 1 N–H and O–H groups in total. The molecule has 0 fully saturated rings. The van der Waals surface area contributed by atoms with Gasteiger partial charge in [0.05, 0.1) is 17.2 Å². The van der Waals surface area contributed by atoms with Gasteiger partial charge in [0.2, 0.25) is 8.32 Å². The Morgan fingerprint density at radius 1 is 0.955 bits per heavy atom. The number of nitrogens with zero attached hydrogens (tertiary/aromatic N) is 2. The standard InChI is InChI=1S/C16H25N3OSi2/c1-21(2,3)15-14(18-13-10-8-7-9-11-13)12-17-16(19-15)20-22(4,5)6/h7-12,18H,1-6H3. The normalized spacial score (nSPS) is 12.1. The second-order valence-electron chi connectivity index (χ2n) is 7.37. The molecule has 0 radical (unpaired) electrons. The van der Waals surface area contributed by atoms with Gasteiger partial charge in [-0.05, 0) is 31.8 Å². The molecule has 0 aliphatic heterocycles. The van der Waals surface area contributed by atoms with E-state index < -0.39 is 16.4 Å². The van der Waals surface area contributed by atoms with E-state index in [1.807, 2.05) is 36.5 Å². The highest BCUT2D eigenvalue weighted by Crippen LogP contribution is 2.19. The van der Waals surface area contributed by atoms with E-state index in [0.717, 1.165) is 16.7 Å². The molecule has 22 heavy (non-hydrogen) atoms. The van der Waals surface area contributed by atoms with Crippen molar-refractivity contribution < 1.29 is 4.43 Å². The fourth-order valence-electron chi connectivity index (χ4n) is 2.03. The van der Waals surface area contributed by atoms with Gasteiger partial charge in [-0.15, -0.1) is 0 Å². The van der Waals surface area contributed by atoms with E-state index in [2.05, 4.69) is 49.6 Å². The van der Waals surface area contributed by atoms with Crippen LogP contribution in [0.25, 0.3) is 0 Å². The third kappa shape index (κ3) is 4.67. The van der Waals surface area contributed by atoms with Crippen LogP contribution in [0, 0.1) is 0 Å². The van der Waals surface area contributed by atoms with E-state index in [4.69, 9.17) is 9.41 Å². The van der Waals surface area contributed by atoms with Gasteiger partial charge in [-0.1, -0.05) is 37.8 Å². The van der Waals surface area contributed by atoms with Crippen molar-refractivity contribution in [3.05, 3.63) is 36.5 Å². The predicted octanol–water partition coefficient (Wildman–Crippen LogP) is 3.98. The summed E-state index contributed by atoms with van der Waals surface area (Å²) in [6.45, 7) is 13.3. The van der Waals surface area contributed by atoms with Crippen molar-refractivity contribution in [2.45, 2.75) is 39.3 Å². The molecule has 2 aromatic rings. The Labute approximate surface area is 135 Å². The maximum Gasteiger partial charge on any atom is 0.302 e. The van der Waals surface area contributed by atoms with Gasteiger partial charge >= 0.3 is 6.01 Å². The molecule has 0 saturated carbocycles. The number of rotatable bonds is 5. The quantitative estimate of drug-likeness (QED) is 0.842. The molecule has 0 aliphatic carbocycles. The highest BCUT2D eigenvalue weighted by atomic mass is 28.4. The molecule has 0 aliphatic rings. The minimum Gasteiger partial charge on any atom is -0.518 e. The summed E-state index contributed by atoms with van der Waals surface area (Å²) in [5.41, 5.74) is 2.03. The third-order valence-electron chi connectivity index (χ3n) is 2.93. The van der Waals surface area contributed by atoms with Crippen LogP contribution in [0.5, 0.6) is 6.01 Å². The second-order valence-corrected chi connectivity index (χ2v) is 16.8. The number of hydrogen-bond donors (Lipinski definition) is 1. The summed E-state index contributed by atoms with van der Waals surface area (Å²) in [6, 6.07) is 10.6. The molecule has 2 rings (SSSR count). The van der Waals surface area contributed by atoms with Gasteiger partial charge in [0.1, 0.15) is 8.07 Å². The average molecular weight is 332 g/mol. The fraction of sp³-hybridized carbons (Fsp3) is 0.375. The predicted molar refractivity (Wildman–Crippen MR) is 98.7 cm³/mol. The van der Waals surface area contributed by atoms with Crippen molar-refractivity contribution in [2.24, 2.45) is 0 Å². The Bertz CT molecular complexity index is 634. The summed E-state index contributed by atoms with van der Waals surface area (Å²) in [5, 5.41) is 4.53. The summed E-state index contributed by atoms with van der Waals surface area (Å²) < 4.78 is 5.95. The van der Waals surface area contributed by atoms with Gasteiger partial charge in [0, 0.05) is 5.69 Å². The van der Waals surface area contributed by atoms with E-state index in [1.54, 1.807) is 0 Å². The molecule has 0 bridgehead atoms. The van der Waals surface area contributed by atoms with Gasteiger partial charge in [-0.2, -0.15) is 0 Å². The zero-order valence-electron chi connectivity index (χ0n) is 14.3. The lowest BCUT2D eigenvalue weighted by Gasteiger charge is -2.23. The van der Waals surface area contributed by atoms with Crippen molar-refractivity contribution in [3.63, 3.8) is 0 Å². The lowest BCUT2D eigenvalue weighted by atomic mass is 10.3. The lowest BCUT2D eigenvalue weighted by molar-refractivity contribution is 0.511. The number of aromatic nitrogens is 2. The van der Waals surface area contributed by atoms with Crippen LogP contribution < -0.4 is 15.1 Å². The lowest BCUT2D eigenvalue weighted by Crippen LogP contribution is -2.42. The SMILES string of the molecule is C[Si](C)(C)Oc1ncc(Nc2ccccc2)c([Si](C)(C)C)n1. The van der Waals surface area contributed by atoms with Gasteiger partial charge in [-0.3, -0.25) is 0 Å². The second kappa shape index (κ2) is 6.22. The van der Waals surface area contributed by atoms with Crippen LogP contribution in [-0.2, 0) is 0 Å². The van der Waals surface area contributed by atoms with Crippen molar-refractivity contribution in [1.82, 2.24) is 9.97 Å². The van der Waals surface area contributed by atoms with Gasteiger partial charge in [-0.25, -0.2) is 9.97 Å². The molecule has 0 atom stereocenters. The smallest absolute Gasteiger partial charge is 0.302 e. The topological polar surface area (TPSA) is 47.0 Å². The average Bonchev–Trinajstić information content (AvgIpc) is 2.39. The van der Waals surface area contributed by atoms with Crippen LogP contribution in [0.4, 0.5) is 11.4 Å². The monoisotopic (exact) mass is 331 g/mol. The molecule has 1 aromatic carbocycles. The first-order valence-corrected chi connectivity index (χ1v) is 14.4. The van der Waals surface area contributed by atoms with Crippen LogP contribution >= 0.6 is 0 Å². The summed E-state index contributed by atoms with van der Waals surface area (Å²) in [7, 11) is -3.32. The van der Waals surface area contributed by atoms with Crippen LogP contribution in [0.1, 0.15) is 0 Å². The molecule has 0 amide bonds. The maximum absolute atomic E-state index is 5.95. The number of benzene rings is 1. The molecule has 0 saturated heterocycles. The van der Waals surface area contributed by atoms with Crippen molar-refractivity contribution in [3.8, 4) is 6.01 Å². The van der Waals surface area contributed by atoms with Crippen molar-refractivity contribution in [2.75, 3.05) is 5.32 Å². The number of hydrogen-bond acceptors (Lipinski definition) is 4. The Kier molecular flexibility index (Phi) is 4.72. The molecule has 1 heterocycles. The molecular formula is C16H25N3OSi2. The van der Waals surface area contributed by atoms with Crippen LogP contribution in [0.2, 0.25) is 39.3 Å². The first-order chi connectivity index (χ1) is 10.1. The Balaban J connectivity index is 2.37. The Morgan fingerprint density at radius 3 is 2.14 bits per heavy atom. The number of para-hydroxylation sites is 1. The van der Waals surface area contributed by atoms with Crippen LogP contribution in [-0.4, -0.2) is 26.4 Å². The molecule has 0 unspecified atom stereocenters. The maximum atomic E-state index is 5.95. The van der Waals surface area contributed by atoms with Gasteiger partial charge < -0.3 is 9.74 Å². The molecular weight excluding hydrogens is 306 g/mol. The molecule has 1 aromatic heterocycles. The number of anilines is 2. The van der Waals surface area contributed by atoms with E-state index in [0.29, 0.717) is 6.01 Å². The van der Waals surface area contributed by atoms with Crippen molar-refractivity contribution >= 4 is 33.1 Å². The Hall–Kier alpha value is -1.67. The van der Waals surface area contributed by atoms with E-state index in [-0.39, 0.29) is 0 Å².